The second kappa shape index (κ2) is 7.80. The molecule has 2 heterocycles. The van der Waals surface area contributed by atoms with E-state index in [1.807, 2.05) is 24.3 Å². The lowest BCUT2D eigenvalue weighted by Crippen LogP contribution is -2.16. The molecule has 6 heteroatoms. The van der Waals surface area contributed by atoms with Crippen LogP contribution in [0.3, 0.4) is 0 Å². The molecule has 0 atom stereocenters. The molecule has 1 N–H and O–H groups in total. The minimum Gasteiger partial charge on any atom is -0.454 e. The molecule has 0 unspecified atom stereocenters. The van der Waals surface area contributed by atoms with Crippen LogP contribution >= 0.6 is 0 Å². The Morgan fingerprint density at radius 2 is 1.73 bits per heavy atom. The molecule has 1 aliphatic heterocycles. The predicted molar refractivity (Wildman–Crippen MR) is 120 cm³/mol. The molecule has 1 aliphatic rings. The summed E-state index contributed by atoms with van der Waals surface area (Å²) in [5.41, 5.74) is 1.83. The number of aromatic nitrogens is 2. The Balaban J connectivity index is 1.58. The van der Waals surface area contributed by atoms with Gasteiger partial charge >= 0.3 is 0 Å². The summed E-state index contributed by atoms with van der Waals surface area (Å²) in [5, 5.41) is 6.82. The number of nitrogens with zero attached hydrogens (tertiary/aromatic N) is 3. The molecule has 152 valence electrons. The first kappa shape index (κ1) is 18.6. The number of hydrogen-bond acceptors (Lipinski definition) is 6. The Morgan fingerprint density at radius 3 is 2.57 bits per heavy atom. The molecule has 4 aromatic rings. The van der Waals surface area contributed by atoms with E-state index in [0.29, 0.717) is 5.82 Å². The Hall–Kier alpha value is -3.38. The molecule has 0 radical (unpaired) electrons. The fraction of sp³-hybridized carbons (Fsp3) is 0.250. The molecule has 5 rings (SSSR count). The Morgan fingerprint density at radius 1 is 0.933 bits per heavy atom. The van der Waals surface area contributed by atoms with Crippen LogP contribution in [-0.2, 0) is 0 Å². The Kier molecular flexibility index (Phi) is 4.85. The van der Waals surface area contributed by atoms with E-state index >= 15 is 0 Å². The molecule has 0 aliphatic carbocycles. The van der Waals surface area contributed by atoms with E-state index in [4.69, 9.17) is 19.4 Å². The van der Waals surface area contributed by atoms with Gasteiger partial charge in [-0.05, 0) is 50.0 Å². The van der Waals surface area contributed by atoms with Crippen LogP contribution in [0.2, 0.25) is 0 Å². The van der Waals surface area contributed by atoms with Gasteiger partial charge in [0.05, 0.1) is 5.52 Å². The summed E-state index contributed by atoms with van der Waals surface area (Å²) < 4.78 is 11.1. The standard InChI is InChI=1S/C24H24N4O2/c1-28(2)11-5-10-25-24-19-13-21-22(30-15-29-21)14-20(19)26-23(27-24)18-9-8-16-6-3-4-7-17(16)12-18/h3-4,6-9,12-14H,5,10-11,15H2,1-2H3,(H,25,26,27). The van der Waals surface area contributed by atoms with Gasteiger partial charge in [0.2, 0.25) is 6.79 Å². The first-order valence-corrected chi connectivity index (χ1v) is 10.2. The van der Waals surface area contributed by atoms with Gasteiger partial charge in [-0.15, -0.1) is 0 Å². The molecule has 0 spiro atoms. The smallest absolute Gasteiger partial charge is 0.231 e. The number of anilines is 1. The van der Waals surface area contributed by atoms with Crippen molar-refractivity contribution in [1.82, 2.24) is 14.9 Å². The van der Waals surface area contributed by atoms with Crippen molar-refractivity contribution in [3.8, 4) is 22.9 Å². The molecule has 0 bridgehead atoms. The zero-order valence-electron chi connectivity index (χ0n) is 17.2. The number of fused-ring (bicyclic) bond motifs is 3. The van der Waals surface area contributed by atoms with Gasteiger partial charge in [0.1, 0.15) is 5.82 Å². The zero-order valence-corrected chi connectivity index (χ0v) is 17.2. The quantitative estimate of drug-likeness (QED) is 0.480. The third-order valence-corrected chi connectivity index (χ3v) is 5.27. The van der Waals surface area contributed by atoms with Gasteiger partial charge in [-0.1, -0.05) is 36.4 Å². The van der Waals surface area contributed by atoms with Crippen molar-refractivity contribution in [1.29, 1.82) is 0 Å². The maximum absolute atomic E-state index is 5.57. The van der Waals surface area contributed by atoms with Gasteiger partial charge in [0, 0.05) is 23.6 Å². The van der Waals surface area contributed by atoms with Crippen LogP contribution in [0.15, 0.2) is 54.6 Å². The highest BCUT2D eigenvalue weighted by Gasteiger charge is 2.18. The molecule has 30 heavy (non-hydrogen) atoms. The monoisotopic (exact) mass is 400 g/mol. The van der Waals surface area contributed by atoms with E-state index in [0.717, 1.165) is 53.3 Å². The summed E-state index contributed by atoms with van der Waals surface area (Å²) in [5.74, 6) is 2.98. The van der Waals surface area contributed by atoms with Crippen LogP contribution < -0.4 is 14.8 Å². The average Bonchev–Trinajstić information content (AvgIpc) is 3.22. The lowest BCUT2D eigenvalue weighted by molar-refractivity contribution is 0.174. The van der Waals surface area contributed by atoms with Crippen LogP contribution in [0.1, 0.15) is 6.42 Å². The average molecular weight is 400 g/mol. The highest BCUT2D eigenvalue weighted by molar-refractivity contribution is 5.94. The fourth-order valence-corrected chi connectivity index (χ4v) is 3.71. The fourth-order valence-electron chi connectivity index (χ4n) is 3.71. The van der Waals surface area contributed by atoms with Gasteiger partial charge < -0.3 is 19.7 Å². The number of nitrogens with one attached hydrogen (secondary N) is 1. The van der Waals surface area contributed by atoms with Crippen molar-refractivity contribution in [3.63, 3.8) is 0 Å². The minimum atomic E-state index is 0.238. The zero-order chi connectivity index (χ0) is 20.5. The normalized spacial score (nSPS) is 12.8. The van der Waals surface area contributed by atoms with Gasteiger partial charge in [0.25, 0.3) is 0 Å². The SMILES string of the molecule is CN(C)CCCNc1nc(-c2ccc3ccccc3c2)nc2cc3c(cc12)OCO3. The summed E-state index contributed by atoms with van der Waals surface area (Å²) in [6, 6.07) is 18.6. The first-order valence-electron chi connectivity index (χ1n) is 10.2. The second-order valence-electron chi connectivity index (χ2n) is 7.76. The van der Waals surface area contributed by atoms with E-state index in [1.54, 1.807) is 0 Å². The van der Waals surface area contributed by atoms with Crippen molar-refractivity contribution < 1.29 is 9.47 Å². The van der Waals surface area contributed by atoms with Crippen LogP contribution in [-0.4, -0.2) is 48.8 Å². The molecule has 6 nitrogen and oxygen atoms in total. The van der Waals surface area contributed by atoms with E-state index in [-0.39, 0.29) is 6.79 Å². The van der Waals surface area contributed by atoms with Gasteiger partial charge in [0.15, 0.2) is 17.3 Å². The molecule has 0 saturated heterocycles. The van der Waals surface area contributed by atoms with Crippen molar-refractivity contribution >= 4 is 27.5 Å². The third-order valence-electron chi connectivity index (χ3n) is 5.27. The van der Waals surface area contributed by atoms with Crippen LogP contribution in [0.5, 0.6) is 11.5 Å². The van der Waals surface area contributed by atoms with Crippen molar-refractivity contribution in [2.24, 2.45) is 0 Å². The van der Waals surface area contributed by atoms with Crippen molar-refractivity contribution in [2.45, 2.75) is 6.42 Å². The number of benzene rings is 3. The van der Waals surface area contributed by atoms with Gasteiger partial charge in [-0.25, -0.2) is 9.97 Å². The number of ether oxygens (including phenoxy) is 2. The maximum atomic E-state index is 5.57. The van der Waals surface area contributed by atoms with E-state index in [2.05, 4.69) is 54.6 Å². The molecule has 1 aromatic heterocycles. The molecule has 3 aromatic carbocycles. The summed E-state index contributed by atoms with van der Waals surface area (Å²) in [6.07, 6.45) is 1.02. The summed E-state index contributed by atoms with van der Waals surface area (Å²) >= 11 is 0. The molecule has 0 saturated carbocycles. The highest BCUT2D eigenvalue weighted by Crippen LogP contribution is 2.38. The second-order valence-corrected chi connectivity index (χ2v) is 7.76. The predicted octanol–water partition coefficient (Wildman–Crippen LogP) is 4.54. The highest BCUT2D eigenvalue weighted by atomic mass is 16.7. The third kappa shape index (κ3) is 3.62. The van der Waals surface area contributed by atoms with E-state index in [9.17, 15) is 0 Å². The Labute approximate surface area is 175 Å². The van der Waals surface area contributed by atoms with E-state index < -0.39 is 0 Å². The maximum Gasteiger partial charge on any atom is 0.231 e. The van der Waals surface area contributed by atoms with Crippen molar-refractivity contribution in [3.05, 3.63) is 54.6 Å². The van der Waals surface area contributed by atoms with Crippen molar-refractivity contribution in [2.75, 3.05) is 39.3 Å². The largest absolute Gasteiger partial charge is 0.454 e. The minimum absolute atomic E-state index is 0.238. The lowest BCUT2D eigenvalue weighted by Gasteiger charge is -2.13. The molecule has 0 fully saturated rings. The number of hydrogen-bond donors (Lipinski definition) is 1. The van der Waals surface area contributed by atoms with Crippen LogP contribution in [0, 0.1) is 0 Å². The van der Waals surface area contributed by atoms with E-state index in [1.165, 1.54) is 10.8 Å². The molecular weight excluding hydrogens is 376 g/mol. The van der Waals surface area contributed by atoms with Gasteiger partial charge in [-0.3, -0.25) is 0 Å². The first-order chi connectivity index (χ1) is 14.7. The van der Waals surface area contributed by atoms with Gasteiger partial charge in [-0.2, -0.15) is 0 Å². The molecular formula is C24H24N4O2. The lowest BCUT2D eigenvalue weighted by atomic mass is 10.1. The summed E-state index contributed by atoms with van der Waals surface area (Å²) in [6.45, 7) is 2.08. The summed E-state index contributed by atoms with van der Waals surface area (Å²) in [4.78, 5) is 11.9. The summed E-state index contributed by atoms with van der Waals surface area (Å²) in [7, 11) is 4.16. The van der Waals surface area contributed by atoms with Crippen LogP contribution in [0.25, 0.3) is 33.1 Å². The topological polar surface area (TPSA) is 59.5 Å². The molecule has 0 amide bonds. The van der Waals surface area contributed by atoms with Crippen LogP contribution in [0.4, 0.5) is 5.82 Å². The number of rotatable bonds is 6. The Bertz CT molecular complexity index is 1220.